The topological polar surface area (TPSA) is 138 Å². The molecule has 0 aromatic carbocycles. The normalized spacial score (nSPS) is 24.0. The van der Waals surface area contributed by atoms with Gasteiger partial charge in [0.25, 0.3) is 5.56 Å². The van der Waals surface area contributed by atoms with E-state index in [0.29, 0.717) is 11.4 Å². The SMILES string of the molecule is C=COC1C[C@H](n2cc(C)c(=O)[nH]c2=O)O[C@@H]1COP(=O)(O)n1ccnc1C. The molecule has 12 heteroatoms. The summed E-state index contributed by atoms with van der Waals surface area (Å²) in [5, 5.41) is 0. The molecule has 1 saturated heterocycles. The highest BCUT2D eigenvalue weighted by Crippen LogP contribution is 2.45. The third-order valence-corrected chi connectivity index (χ3v) is 5.84. The molecule has 28 heavy (non-hydrogen) atoms. The van der Waals surface area contributed by atoms with Crippen molar-refractivity contribution < 1.29 is 23.5 Å². The van der Waals surface area contributed by atoms with Crippen molar-refractivity contribution in [1.29, 1.82) is 0 Å². The summed E-state index contributed by atoms with van der Waals surface area (Å²) in [6, 6.07) is 0. The van der Waals surface area contributed by atoms with Crippen LogP contribution in [-0.4, -0.2) is 42.6 Å². The number of hydrogen-bond donors (Lipinski definition) is 2. The first-order valence-corrected chi connectivity index (χ1v) is 9.98. The number of aromatic nitrogens is 4. The highest BCUT2D eigenvalue weighted by atomic mass is 31.2. The van der Waals surface area contributed by atoms with E-state index in [1.54, 1.807) is 13.8 Å². The van der Waals surface area contributed by atoms with E-state index in [2.05, 4.69) is 16.5 Å². The van der Waals surface area contributed by atoms with E-state index in [0.717, 1.165) is 4.34 Å². The summed E-state index contributed by atoms with van der Waals surface area (Å²) in [5.41, 5.74) is -0.754. The van der Waals surface area contributed by atoms with Gasteiger partial charge in [-0.05, 0) is 13.8 Å². The number of hydrogen-bond acceptors (Lipinski definition) is 7. The molecule has 2 N–H and O–H groups in total. The highest BCUT2D eigenvalue weighted by molar-refractivity contribution is 7.51. The molecular weight excluding hydrogens is 391 g/mol. The van der Waals surface area contributed by atoms with Gasteiger partial charge in [0.2, 0.25) is 0 Å². The van der Waals surface area contributed by atoms with Gasteiger partial charge in [-0.3, -0.25) is 18.9 Å². The minimum Gasteiger partial charge on any atom is -0.496 e. The molecule has 0 amide bonds. The lowest BCUT2D eigenvalue weighted by Crippen LogP contribution is -2.33. The van der Waals surface area contributed by atoms with E-state index in [-0.39, 0.29) is 13.0 Å². The molecule has 11 nitrogen and oxygen atoms in total. The molecule has 2 aromatic rings. The van der Waals surface area contributed by atoms with E-state index in [4.69, 9.17) is 14.0 Å². The Labute approximate surface area is 159 Å². The monoisotopic (exact) mass is 412 g/mol. The molecule has 3 rings (SSSR count). The fourth-order valence-corrected chi connectivity index (χ4v) is 4.07. The van der Waals surface area contributed by atoms with Gasteiger partial charge < -0.3 is 14.4 Å². The van der Waals surface area contributed by atoms with Crippen molar-refractivity contribution in [2.24, 2.45) is 0 Å². The van der Waals surface area contributed by atoms with Crippen molar-refractivity contribution in [3.05, 3.63) is 63.7 Å². The molecule has 2 unspecified atom stereocenters. The van der Waals surface area contributed by atoms with Gasteiger partial charge in [0.05, 0.1) is 12.9 Å². The molecule has 2 aromatic heterocycles. The predicted octanol–water partition coefficient (Wildman–Crippen LogP) is 0.831. The van der Waals surface area contributed by atoms with Crippen molar-refractivity contribution in [3.8, 4) is 0 Å². The maximum absolute atomic E-state index is 12.5. The quantitative estimate of drug-likeness (QED) is 0.504. The van der Waals surface area contributed by atoms with Gasteiger partial charge in [0, 0.05) is 30.6 Å². The zero-order valence-electron chi connectivity index (χ0n) is 15.3. The molecule has 0 bridgehead atoms. The second-order valence-electron chi connectivity index (χ2n) is 6.29. The number of nitrogens with one attached hydrogen (secondary N) is 1. The molecule has 0 saturated carbocycles. The smallest absolute Gasteiger partial charge is 0.437 e. The third-order valence-electron chi connectivity index (χ3n) is 4.39. The van der Waals surface area contributed by atoms with Gasteiger partial charge in [-0.1, -0.05) is 6.58 Å². The molecule has 4 atom stereocenters. The van der Waals surface area contributed by atoms with Crippen molar-refractivity contribution in [2.45, 2.75) is 38.7 Å². The van der Waals surface area contributed by atoms with Crippen LogP contribution in [0, 0.1) is 13.8 Å². The lowest BCUT2D eigenvalue weighted by Gasteiger charge is -2.20. The van der Waals surface area contributed by atoms with E-state index in [1.165, 1.54) is 29.4 Å². The standard InChI is InChI=1S/C16H21N4O7P/c1-4-25-12-7-14(19-8-10(2)15(21)18-16(19)22)27-13(12)9-26-28(23,24)20-6-5-17-11(20)3/h4-6,8,12-14H,1,7,9H2,2-3H3,(H,23,24)(H,18,21,22)/t12?,13-,14-/m1/s1. The molecule has 1 fully saturated rings. The molecule has 152 valence electrons. The number of imidazole rings is 1. The van der Waals surface area contributed by atoms with Gasteiger partial charge in [-0.2, -0.15) is 0 Å². The van der Waals surface area contributed by atoms with Gasteiger partial charge in [0.15, 0.2) is 0 Å². The number of H-pyrrole nitrogens is 1. The van der Waals surface area contributed by atoms with Crippen molar-refractivity contribution >= 4 is 7.75 Å². The molecule has 0 aliphatic carbocycles. The largest absolute Gasteiger partial charge is 0.496 e. The number of aromatic amines is 1. The molecule has 0 spiro atoms. The van der Waals surface area contributed by atoms with Gasteiger partial charge >= 0.3 is 13.4 Å². The molecule has 1 aliphatic heterocycles. The number of aryl methyl sites for hydroxylation is 2. The number of ether oxygens (including phenoxy) is 2. The first-order valence-electron chi connectivity index (χ1n) is 8.45. The fraction of sp³-hybridized carbons (Fsp3) is 0.438. The van der Waals surface area contributed by atoms with E-state index in [9.17, 15) is 19.0 Å². The van der Waals surface area contributed by atoms with Crippen molar-refractivity contribution in [1.82, 2.24) is 18.9 Å². The summed E-state index contributed by atoms with van der Waals surface area (Å²) in [6.45, 7) is 6.38. The van der Waals surface area contributed by atoms with Crippen LogP contribution in [0.5, 0.6) is 0 Å². The summed E-state index contributed by atoms with van der Waals surface area (Å²) >= 11 is 0. The maximum Gasteiger partial charge on any atom is 0.437 e. The lowest BCUT2D eigenvalue weighted by molar-refractivity contribution is -0.0449. The van der Waals surface area contributed by atoms with Gasteiger partial charge in [0.1, 0.15) is 24.3 Å². The summed E-state index contributed by atoms with van der Waals surface area (Å²) < 4.78 is 31.2. The summed E-state index contributed by atoms with van der Waals surface area (Å²) in [6.07, 6.45) is 3.55. The maximum atomic E-state index is 12.5. The van der Waals surface area contributed by atoms with Crippen LogP contribution in [0.3, 0.4) is 0 Å². The van der Waals surface area contributed by atoms with Crippen LogP contribution in [0.1, 0.15) is 24.0 Å². The van der Waals surface area contributed by atoms with Crippen LogP contribution in [-0.2, 0) is 18.6 Å². The molecule has 0 radical (unpaired) electrons. The van der Waals surface area contributed by atoms with E-state index >= 15 is 0 Å². The van der Waals surface area contributed by atoms with Gasteiger partial charge in [-0.15, -0.1) is 0 Å². The second-order valence-corrected chi connectivity index (χ2v) is 7.96. The molecule has 3 heterocycles. The number of nitrogens with zero attached hydrogens (tertiary/aromatic N) is 3. The minimum absolute atomic E-state index is 0.255. The molecular formula is C16H21N4O7P. The average molecular weight is 412 g/mol. The van der Waals surface area contributed by atoms with E-state index in [1.807, 2.05) is 0 Å². The van der Waals surface area contributed by atoms with Crippen molar-refractivity contribution in [2.75, 3.05) is 6.61 Å². The van der Waals surface area contributed by atoms with E-state index < -0.39 is 37.4 Å². The Balaban J connectivity index is 1.77. The summed E-state index contributed by atoms with van der Waals surface area (Å²) in [5.74, 6) is 0.324. The average Bonchev–Trinajstić information content (AvgIpc) is 3.23. The number of rotatable bonds is 7. The minimum atomic E-state index is -4.17. The Hall–Kier alpha value is -2.46. The van der Waals surface area contributed by atoms with Crippen LogP contribution in [0.15, 0.2) is 41.0 Å². The molecule has 1 aliphatic rings. The lowest BCUT2D eigenvalue weighted by atomic mass is 10.2. The predicted molar refractivity (Wildman–Crippen MR) is 97.8 cm³/mol. The zero-order valence-corrected chi connectivity index (χ0v) is 16.2. The second kappa shape index (κ2) is 7.88. The third kappa shape index (κ3) is 4.02. The van der Waals surface area contributed by atoms with Crippen molar-refractivity contribution in [3.63, 3.8) is 0 Å². The summed E-state index contributed by atoms with van der Waals surface area (Å²) in [4.78, 5) is 39.9. The van der Waals surface area contributed by atoms with Crippen LogP contribution < -0.4 is 11.2 Å². The van der Waals surface area contributed by atoms with Crippen LogP contribution in [0.2, 0.25) is 0 Å². The first-order chi connectivity index (χ1) is 13.2. The zero-order chi connectivity index (χ0) is 20.5. The Morgan fingerprint density at radius 2 is 2.25 bits per heavy atom. The highest BCUT2D eigenvalue weighted by Gasteiger charge is 2.40. The summed E-state index contributed by atoms with van der Waals surface area (Å²) in [7, 11) is -4.17. The van der Waals surface area contributed by atoms with Crippen LogP contribution in [0.4, 0.5) is 0 Å². The van der Waals surface area contributed by atoms with Crippen LogP contribution in [0.25, 0.3) is 0 Å². The first kappa shape index (κ1) is 20.3. The fourth-order valence-electron chi connectivity index (χ4n) is 2.96. The van der Waals surface area contributed by atoms with Crippen LogP contribution >= 0.6 is 7.75 Å². The van der Waals surface area contributed by atoms with Gasteiger partial charge in [-0.25, -0.2) is 18.7 Å². The Kier molecular flexibility index (Phi) is 5.71. The Bertz CT molecular complexity index is 1030. The Morgan fingerprint density at radius 3 is 2.89 bits per heavy atom. The Morgan fingerprint density at radius 1 is 1.50 bits per heavy atom.